The zero-order chi connectivity index (χ0) is 26.4. The van der Waals surface area contributed by atoms with Gasteiger partial charge in [0.15, 0.2) is 17.0 Å². The van der Waals surface area contributed by atoms with Crippen LogP contribution >= 0.6 is 0 Å². The number of carbonyl (C=O) groups excluding carboxylic acids is 1. The zero-order valence-electron chi connectivity index (χ0n) is 22.3. The van der Waals surface area contributed by atoms with Gasteiger partial charge in [-0.3, -0.25) is 9.36 Å². The van der Waals surface area contributed by atoms with Gasteiger partial charge in [0.25, 0.3) is 0 Å². The molecule has 0 aliphatic carbocycles. The van der Waals surface area contributed by atoms with Gasteiger partial charge < -0.3 is 24.8 Å². The number of hydrogen-bond acceptors (Lipinski definition) is 8. The molecule has 11 heteroatoms. The molecule has 1 aromatic carbocycles. The van der Waals surface area contributed by atoms with Crippen LogP contribution in [0.5, 0.6) is 0 Å². The highest BCUT2D eigenvalue weighted by Gasteiger charge is 2.28. The maximum atomic E-state index is 12.3. The van der Waals surface area contributed by atoms with E-state index >= 15 is 0 Å². The summed E-state index contributed by atoms with van der Waals surface area (Å²) in [5.74, 6) is 3.75. The third-order valence-electron chi connectivity index (χ3n) is 7.81. The fourth-order valence-electron chi connectivity index (χ4n) is 5.66. The van der Waals surface area contributed by atoms with Crippen molar-refractivity contribution in [1.82, 2.24) is 34.0 Å². The third kappa shape index (κ3) is 4.39. The molecule has 6 rings (SSSR count). The molecule has 1 atom stereocenters. The summed E-state index contributed by atoms with van der Waals surface area (Å²) in [5.41, 5.74) is 9.35. The van der Waals surface area contributed by atoms with Gasteiger partial charge in [0.2, 0.25) is 11.9 Å². The van der Waals surface area contributed by atoms with Gasteiger partial charge in [-0.2, -0.15) is 9.97 Å². The Morgan fingerprint density at radius 2 is 1.82 bits per heavy atom. The molecular formula is C27H35N9O2. The second-order valence-electron chi connectivity index (χ2n) is 10.5. The van der Waals surface area contributed by atoms with Crippen LogP contribution in [0.4, 0.5) is 5.82 Å². The van der Waals surface area contributed by atoms with Gasteiger partial charge in [-0.25, -0.2) is 9.97 Å². The van der Waals surface area contributed by atoms with Gasteiger partial charge in [-0.15, -0.1) is 0 Å². The highest BCUT2D eigenvalue weighted by Crippen LogP contribution is 2.30. The van der Waals surface area contributed by atoms with Crippen molar-refractivity contribution in [2.75, 3.05) is 44.3 Å². The second kappa shape index (κ2) is 9.95. The van der Waals surface area contributed by atoms with E-state index in [9.17, 15) is 4.79 Å². The standard InChI is InChI=1S/C27H35N9O2/c1-17(28)26(37)35-10-8-19(9-11-35)16-22-30-23-24(33(22)3)31-27(32-25(23)34-12-14-38-15-13-34)36-18(2)29-20-6-4-5-7-21(20)36/h4-7,17,19H,8-16,28H2,1-3H3. The number of aryl methyl sites for hydroxylation is 2. The summed E-state index contributed by atoms with van der Waals surface area (Å²) in [5, 5.41) is 0. The van der Waals surface area contributed by atoms with Gasteiger partial charge in [0, 0.05) is 39.6 Å². The van der Waals surface area contributed by atoms with Gasteiger partial charge in [-0.05, 0) is 44.7 Å². The normalized spacial score (nSPS) is 18.0. The number of amides is 1. The fourth-order valence-corrected chi connectivity index (χ4v) is 5.66. The predicted octanol–water partition coefficient (Wildman–Crippen LogP) is 1.98. The minimum atomic E-state index is -0.450. The molecule has 2 N–H and O–H groups in total. The Balaban J connectivity index is 1.38. The van der Waals surface area contributed by atoms with E-state index in [2.05, 4.69) is 15.5 Å². The fraction of sp³-hybridized carbons (Fsp3) is 0.519. The SMILES string of the molecule is Cc1nc2ccccc2n1-c1nc(N2CCOCC2)c2nc(CC3CCN(C(=O)C(C)N)CC3)n(C)c2n1. The first-order valence-electron chi connectivity index (χ1n) is 13.5. The lowest BCUT2D eigenvalue weighted by Gasteiger charge is -2.32. The molecule has 2 fully saturated rings. The lowest BCUT2D eigenvalue weighted by atomic mass is 9.93. The number of rotatable bonds is 5. The number of aromatic nitrogens is 6. The largest absolute Gasteiger partial charge is 0.378 e. The maximum Gasteiger partial charge on any atom is 0.239 e. The molecule has 2 saturated heterocycles. The van der Waals surface area contributed by atoms with E-state index < -0.39 is 6.04 Å². The van der Waals surface area contributed by atoms with Crippen LogP contribution in [-0.2, 0) is 23.0 Å². The quantitative estimate of drug-likeness (QED) is 0.427. The molecule has 0 saturated carbocycles. The summed E-state index contributed by atoms with van der Waals surface area (Å²) >= 11 is 0. The molecule has 0 spiro atoms. The average molecular weight is 518 g/mol. The molecule has 5 heterocycles. The Bertz CT molecular complexity index is 1480. The Labute approximate surface area is 221 Å². The molecular weight excluding hydrogens is 482 g/mol. The van der Waals surface area contributed by atoms with E-state index in [0.29, 0.717) is 25.1 Å². The maximum absolute atomic E-state index is 12.3. The van der Waals surface area contributed by atoms with Crippen LogP contribution in [0.15, 0.2) is 24.3 Å². The minimum Gasteiger partial charge on any atom is -0.378 e. The van der Waals surface area contributed by atoms with Gasteiger partial charge in [-0.1, -0.05) is 12.1 Å². The molecule has 1 unspecified atom stereocenters. The van der Waals surface area contributed by atoms with Crippen LogP contribution in [-0.4, -0.2) is 85.3 Å². The van der Waals surface area contributed by atoms with Crippen LogP contribution in [0.1, 0.15) is 31.4 Å². The molecule has 4 aromatic rings. The Kier molecular flexibility index (Phi) is 6.48. The summed E-state index contributed by atoms with van der Waals surface area (Å²) in [6.45, 7) is 8.05. The summed E-state index contributed by atoms with van der Waals surface area (Å²) in [6, 6.07) is 7.61. The van der Waals surface area contributed by atoms with Crippen molar-refractivity contribution >= 4 is 33.9 Å². The van der Waals surface area contributed by atoms with E-state index in [0.717, 1.165) is 85.1 Å². The monoisotopic (exact) mass is 517 g/mol. The highest BCUT2D eigenvalue weighted by molar-refractivity contribution is 5.86. The minimum absolute atomic E-state index is 0.0338. The van der Waals surface area contributed by atoms with E-state index in [1.54, 1.807) is 6.92 Å². The van der Waals surface area contributed by atoms with E-state index in [4.69, 9.17) is 30.4 Å². The Morgan fingerprint density at radius 1 is 1.08 bits per heavy atom. The molecule has 0 radical (unpaired) electrons. The predicted molar refractivity (Wildman–Crippen MR) is 145 cm³/mol. The third-order valence-corrected chi connectivity index (χ3v) is 7.81. The van der Waals surface area contributed by atoms with Crippen LogP contribution in [0, 0.1) is 12.8 Å². The van der Waals surface area contributed by atoms with E-state index in [1.165, 1.54) is 0 Å². The molecule has 3 aromatic heterocycles. The zero-order valence-corrected chi connectivity index (χ0v) is 22.3. The van der Waals surface area contributed by atoms with Gasteiger partial charge in [0.1, 0.15) is 11.6 Å². The molecule has 0 bridgehead atoms. The first-order valence-corrected chi connectivity index (χ1v) is 13.5. The number of benzene rings is 1. The second-order valence-corrected chi connectivity index (χ2v) is 10.5. The number of imidazole rings is 2. The Hall–Kier alpha value is -3.57. The Morgan fingerprint density at radius 3 is 2.55 bits per heavy atom. The number of fused-ring (bicyclic) bond motifs is 2. The number of anilines is 1. The van der Waals surface area contributed by atoms with Crippen molar-refractivity contribution in [3.63, 3.8) is 0 Å². The van der Waals surface area contributed by atoms with Crippen molar-refractivity contribution in [3.05, 3.63) is 35.9 Å². The van der Waals surface area contributed by atoms with Gasteiger partial charge >= 0.3 is 0 Å². The average Bonchev–Trinajstić information content (AvgIpc) is 3.44. The molecule has 38 heavy (non-hydrogen) atoms. The first kappa shape index (κ1) is 24.7. The van der Waals surface area contributed by atoms with Crippen LogP contribution in [0.2, 0.25) is 0 Å². The van der Waals surface area contributed by atoms with Crippen molar-refractivity contribution in [1.29, 1.82) is 0 Å². The van der Waals surface area contributed by atoms with Crippen molar-refractivity contribution in [2.45, 2.75) is 39.2 Å². The number of piperidine rings is 1. The lowest BCUT2D eigenvalue weighted by molar-refractivity contribution is -0.133. The van der Waals surface area contributed by atoms with E-state index in [1.807, 2.05) is 41.6 Å². The van der Waals surface area contributed by atoms with Crippen molar-refractivity contribution in [2.24, 2.45) is 18.7 Å². The van der Waals surface area contributed by atoms with E-state index in [-0.39, 0.29) is 5.91 Å². The van der Waals surface area contributed by atoms with Crippen LogP contribution in [0.25, 0.3) is 28.1 Å². The first-order chi connectivity index (χ1) is 18.4. The molecule has 1 amide bonds. The summed E-state index contributed by atoms with van der Waals surface area (Å²) in [6.07, 6.45) is 2.71. The topological polar surface area (TPSA) is 120 Å². The van der Waals surface area contributed by atoms with Crippen molar-refractivity contribution < 1.29 is 9.53 Å². The summed E-state index contributed by atoms with van der Waals surface area (Å²) in [4.78, 5) is 36.4. The number of nitrogens with two attached hydrogens (primary N) is 1. The highest BCUT2D eigenvalue weighted by atomic mass is 16.5. The number of nitrogens with zero attached hydrogens (tertiary/aromatic N) is 8. The number of para-hydroxylation sites is 2. The summed E-state index contributed by atoms with van der Waals surface area (Å²) < 4.78 is 9.75. The molecule has 11 nitrogen and oxygen atoms in total. The van der Waals surface area contributed by atoms with Crippen molar-refractivity contribution in [3.8, 4) is 5.95 Å². The number of likely N-dealkylation sites (tertiary alicyclic amines) is 1. The number of carbonyl (C=O) groups is 1. The number of ether oxygens (including phenoxy) is 1. The smallest absolute Gasteiger partial charge is 0.239 e. The molecule has 200 valence electrons. The van der Waals surface area contributed by atoms with Crippen LogP contribution < -0.4 is 10.6 Å². The summed E-state index contributed by atoms with van der Waals surface area (Å²) in [7, 11) is 2.04. The lowest BCUT2D eigenvalue weighted by Crippen LogP contribution is -2.46. The number of hydrogen-bond donors (Lipinski definition) is 1. The molecule has 2 aliphatic heterocycles. The number of morpholine rings is 1. The van der Waals surface area contributed by atoms with Crippen LogP contribution in [0.3, 0.4) is 0 Å². The van der Waals surface area contributed by atoms with Gasteiger partial charge in [0.05, 0.1) is 30.3 Å². The molecule has 2 aliphatic rings.